The third-order valence-corrected chi connectivity index (χ3v) is 2.97. The van der Waals surface area contributed by atoms with E-state index in [0.29, 0.717) is 19.0 Å². The van der Waals surface area contributed by atoms with Crippen LogP contribution >= 0.6 is 0 Å². The number of phenolic OH excluding ortho intramolecular Hbond substituents is 1. The van der Waals surface area contributed by atoms with Crippen molar-refractivity contribution in [3.63, 3.8) is 0 Å². The second-order valence-electron chi connectivity index (χ2n) is 3.89. The van der Waals surface area contributed by atoms with E-state index in [0.717, 1.165) is 28.3 Å². The summed E-state index contributed by atoms with van der Waals surface area (Å²) in [4.78, 5) is 0. The fourth-order valence-corrected chi connectivity index (χ4v) is 2.19. The highest BCUT2D eigenvalue weighted by atomic mass is 16.5. The van der Waals surface area contributed by atoms with Crippen molar-refractivity contribution >= 4 is 10.8 Å². The van der Waals surface area contributed by atoms with Crippen molar-refractivity contribution in [3.8, 4) is 5.75 Å². The Morgan fingerprint density at radius 1 is 1.20 bits per heavy atom. The lowest BCUT2D eigenvalue weighted by Gasteiger charge is -2.19. The van der Waals surface area contributed by atoms with Gasteiger partial charge in [0, 0.05) is 10.9 Å². The van der Waals surface area contributed by atoms with Crippen molar-refractivity contribution in [1.82, 2.24) is 0 Å². The maximum atomic E-state index is 10.1. The van der Waals surface area contributed by atoms with Gasteiger partial charge in [-0.1, -0.05) is 24.3 Å². The predicted octanol–water partition coefficient (Wildman–Crippen LogP) is 2.62. The third kappa shape index (κ3) is 1.29. The van der Waals surface area contributed by atoms with Crippen LogP contribution in [0.3, 0.4) is 0 Å². The van der Waals surface area contributed by atoms with E-state index in [9.17, 15) is 5.11 Å². The van der Waals surface area contributed by atoms with Crippen LogP contribution in [0, 0.1) is 0 Å². The highest BCUT2D eigenvalue weighted by Crippen LogP contribution is 2.34. The quantitative estimate of drug-likeness (QED) is 0.708. The topological polar surface area (TPSA) is 29.5 Å². The zero-order chi connectivity index (χ0) is 10.3. The van der Waals surface area contributed by atoms with Gasteiger partial charge in [-0.3, -0.25) is 0 Å². The first kappa shape index (κ1) is 8.74. The largest absolute Gasteiger partial charge is 0.507 e. The van der Waals surface area contributed by atoms with Crippen LogP contribution in [0.25, 0.3) is 10.8 Å². The standard InChI is InChI=1S/C13H12O2/c14-13-11-4-2-1-3-9(11)7-10-8-15-6-5-12(10)13/h1-4,7,14H,5-6,8H2. The van der Waals surface area contributed by atoms with Crippen LogP contribution in [0.2, 0.25) is 0 Å². The minimum atomic E-state index is 0.436. The molecule has 1 heterocycles. The Morgan fingerprint density at radius 2 is 2.07 bits per heavy atom. The number of benzene rings is 2. The SMILES string of the molecule is Oc1c2c(cc3ccccc13)COCC2. The smallest absolute Gasteiger partial charge is 0.127 e. The van der Waals surface area contributed by atoms with E-state index in [2.05, 4.69) is 6.07 Å². The summed E-state index contributed by atoms with van der Waals surface area (Å²) in [5, 5.41) is 12.2. The van der Waals surface area contributed by atoms with Crippen molar-refractivity contribution in [2.24, 2.45) is 0 Å². The fourth-order valence-electron chi connectivity index (χ4n) is 2.19. The number of hydrogen-bond acceptors (Lipinski definition) is 2. The Morgan fingerprint density at radius 3 is 3.00 bits per heavy atom. The van der Waals surface area contributed by atoms with Gasteiger partial charge in [-0.15, -0.1) is 0 Å². The van der Waals surface area contributed by atoms with Crippen LogP contribution in [-0.4, -0.2) is 11.7 Å². The summed E-state index contributed by atoms with van der Waals surface area (Å²) in [6.07, 6.45) is 0.812. The molecule has 2 aromatic rings. The molecule has 0 radical (unpaired) electrons. The molecular weight excluding hydrogens is 188 g/mol. The Kier molecular flexibility index (Phi) is 1.89. The second-order valence-corrected chi connectivity index (χ2v) is 3.89. The highest BCUT2D eigenvalue weighted by molar-refractivity contribution is 5.90. The van der Waals surface area contributed by atoms with Gasteiger partial charge in [-0.05, 0) is 23.4 Å². The molecule has 15 heavy (non-hydrogen) atoms. The fraction of sp³-hybridized carbons (Fsp3) is 0.231. The molecule has 0 saturated carbocycles. The summed E-state index contributed by atoms with van der Waals surface area (Å²) >= 11 is 0. The zero-order valence-corrected chi connectivity index (χ0v) is 8.36. The predicted molar refractivity (Wildman–Crippen MR) is 59.0 cm³/mol. The molecule has 0 aliphatic carbocycles. The van der Waals surface area contributed by atoms with Gasteiger partial charge in [0.25, 0.3) is 0 Å². The average Bonchev–Trinajstić information content (AvgIpc) is 2.30. The zero-order valence-electron chi connectivity index (χ0n) is 8.36. The van der Waals surface area contributed by atoms with Crippen LogP contribution < -0.4 is 0 Å². The first-order valence-corrected chi connectivity index (χ1v) is 5.16. The van der Waals surface area contributed by atoms with E-state index >= 15 is 0 Å². The first-order valence-electron chi connectivity index (χ1n) is 5.16. The summed E-state index contributed by atoms with van der Waals surface area (Å²) in [7, 11) is 0. The number of ether oxygens (including phenoxy) is 1. The molecule has 0 spiro atoms. The van der Waals surface area contributed by atoms with Crippen LogP contribution in [0.5, 0.6) is 5.75 Å². The minimum Gasteiger partial charge on any atom is -0.507 e. The first-order chi connectivity index (χ1) is 7.36. The molecule has 2 aromatic carbocycles. The molecule has 1 aliphatic rings. The molecule has 0 fully saturated rings. The number of hydrogen-bond donors (Lipinski definition) is 1. The van der Waals surface area contributed by atoms with Crippen molar-refractivity contribution in [2.45, 2.75) is 13.0 Å². The van der Waals surface area contributed by atoms with Crippen molar-refractivity contribution in [1.29, 1.82) is 0 Å². The highest BCUT2D eigenvalue weighted by Gasteiger charge is 2.15. The third-order valence-electron chi connectivity index (χ3n) is 2.97. The molecule has 0 aromatic heterocycles. The maximum Gasteiger partial charge on any atom is 0.127 e. The van der Waals surface area contributed by atoms with Crippen LogP contribution in [0.4, 0.5) is 0 Å². The molecule has 1 aliphatic heterocycles. The van der Waals surface area contributed by atoms with Gasteiger partial charge in [0.1, 0.15) is 5.75 Å². The molecule has 0 bridgehead atoms. The Balaban J connectivity index is 2.36. The second kappa shape index (κ2) is 3.24. The number of aromatic hydroxyl groups is 1. The lowest BCUT2D eigenvalue weighted by atomic mass is 9.96. The summed E-state index contributed by atoms with van der Waals surface area (Å²) in [5.74, 6) is 0.436. The van der Waals surface area contributed by atoms with E-state index in [1.165, 1.54) is 0 Å². The molecule has 2 heteroatoms. The van der Waals surface area contributed by atoms with Crippen molar-refractivity contribution < 1.29 is 9.84 Å². The van der Waals surface area contributed by atoms with E-state index in [-0.39, 0.29) is 0 Å². The molecule has 0 saturated heterocycles. The van der Waals surface area contributed by atoms with Gasteiger partial charge in [-0.2, -0.15) is 0 Å². The lowest BCUT2D eigenvalue weighted by Crippen LogP contribution is -2.09. The monoisotopic (exact) mass is 200 g/mol. The van der Waals surface area contributed by atoms with Gasteiger partial charge in [0.2, 0.25) is 0 Å². The van der Waals surface area contributed by atoms with Gasteiger partial charge in [0.05, 0.1) is 13.2 Å². The summed E-state index contributed by atoms with van der Waals surface area (Å²) < 4.78 is 5.39. The normalized spacial score (nSPS) is 15.2. The molecule has 0 atom stereocenters. The van der Waals surface area contributed by atoms with Crippen molar-refractivity contribution in [3.05, 3.63) is 41.5 Å². The Labute approximate surface area is 88.1 Å². The summed E-state index contributed by atoms with van der Waals surface area (Å²) in [6.45, 7) is 1.33. The summed E-state index contributed by atoms with van der Waals surface area (Å²) in [6, 6.07) is 10.0. The molecular formula is C13H12O2. The van der Waals surface area contributed by atoms with E-state index in [1.807, 2.05) is 24.3 Å². The Hall–Kier alpha value is -1.54. The van der Waals surface area contributed by atoms with E-state index in [1.54, 1.807) is 0 Å². The van der Waals surface area contributed by atoms with E-state index in [4.69, 9.17) is 4.74 Å². The molecule has 76 valence electrons. The van der Waals surface area contributed by atoms with Crippen LogP contribution in [0.1, 0.15) is 11.1 Å². The minimum absolute atomic E-state index is 0.436. The molecule has 2 nitrogen and oxygen atoms in total. The van der Waals surface area contributed by atoms with Gasteiger partial charge in [-0.25, -0.2) is 0 Å². The molecule has 1 N–H and O–H groups in total. The molecule has 3 rings (SSSR count). The lowest BCUT2D eigenvalue weighted by molar-refractivity contribution is 0.110. The van der Waals surface area contributed by atoms with Gasteiger partial charge < -0.3 is 9.84 Å². The summed E-state index contributed by atoms with van der Waals surface area (Å²) in [5.41, 5.74) is 2.18. The maximum absolute atomic E-state index is 10.1. The number of phenols is 1. The average molecular weight is 200 g/mol. The molecule has 0 amide bonds. The Bertz CT molecular complexity index is 517. The van der Waals surface area contributed by atoms with Crippen LogP contribution in [-0.2, 0) is 17.8 Å². The molecule has 0 unspecified atom stereocenters. The van der Waals surface area contributed by atoms with Gasteiger partial charge >= 0.3 is 0 Å². The van der Waals surface area contributed by atoms with E-state index < -0.39 is 0 Å². The number of rotatable bonds is 0. The van der Waals surface area contributed by atoms with Gasteiger partial charge in [0.15, 0.2) is 0 Å². The van der Waals surface area contributed by atoms with Crippen LogP contribution in [0.15, 0.2) is 30.3 Å². The number of fused-ring (bicyclic) bond motifs is 2. The van der Waals surface area contributed by atoms with Crippen molar-refractivity contribution in [2.75, 3.05) is 6.61 Å².